The van der Waals surface area contributed by atoms with Gasteiger partial charge in [-0.3, -0.25) is 19.5 Å². The summed E-state index contributed by atoms with van der Waals surface area (Å²) in [6.45, 7) is 5.48. The van der Waals surface area contributed by atoms with Gasteiger partial charge in [-0.1, -0.05) is 9.93 Å². The lowest BCUT2D eigenvalue weighted by atomic mass is 9.91. The van der Waals surface area contributed by atoms with Crippen molar-refractivity contribution in [3.8, 4) is 0 Å². The number of rotatable bonds is 5. The standard InChI is InChI=1S/C24H30BrFN6OS/c1-23(2)22(27)31-24(3,13-34(23,33)14-32(4)5)18-11-17(6-7-19(18)26)30-21-20-15(8-9-28-21)10-16(25)12-29-20/h6-12,34H,13-14H2,1-5H3,(H2,27,31)(H,28,30)/t24-/m0/s1. The molecule has 3 heterocycles. The summed E-state index contributed by atoms with van der Waals surface area (Å²) in [6, 6.07) is 8.55. The molecule has 0 saturated carbocycles. The number of halogens is 2. The molecule has 3 N–H and O–H groups in total. The molecular weight excluding hydrogens is 519 g/mol. The Labute approximate surface area is 208 Å². The molecule has 182 valence electrons. The molecule has 0 spiro atoms. The number of hydrogen-bond acceptors (Lipinski definition) is 6. The average molecular weight is 550 g/mol. The molecule has 3 aromatic rings. The van der Waals surface area contributed by atoms with E-state index >= 15 is 4.39 Å². The zero-order valence-corrected chi connectivity index (χ0v) is 22.4. The molecule has 0 aliphatic carbocycles. The van der Waals surface area contributed by atoms with Gasteiger partial charge in [0.25, 0.3) is 0 Å². The molecular formula is C24H30BrFN6OS. The van der Waals surface area contributed by atoms with E-state index in [1.807, 2.05) is 51.9 Å². The third-order valence-electron chi connectivity index (χ3n) is 6.50. The lowest BCUT2D eigenvalue weighted by Gasteiger charge is -2.52. The van der Waals surface area contributed by atoms with Crippen LogP contribution in [0.4, 0.5) is 15.9 Å². The van der Waals surface area contributed by atoms with Gasteiger partial charge in [0, 0.05) is 39.3 Å². The second-order valence-electron chi connectivity index (χ2n) is 9.86. The number of nitrogens with one attached hydrogen (secondary N) is 3. The molecule has 1 aromatic carbocycles. The molecule has 1 saturated heterocycles. The summed E-state index contributed by atoms with van der Waals surface area (Å²) >= 11 is 3.43. The molecule has 0 amide bonds. The Bertz CT molecular complexity index is 1330. The van der Waals surface area contributed by atoms with Crippen molar-refractivity contribution in [2.45, 2.75) is 31.1 Å². The maximum absolute atomic E-state index is 15.2. The first-order chi connectivity index (χ1) is 15.8. The van der Waals surface area contributed by atoms with Gasteiger partial charge in [-0.05, 0) is 81.1 Å². The Morgan fingerprint density at radius 1 is 1.24 bits per heavy atom. The lowest BCUT2D eigenvalue weighted by molar-refractivity contribution is 0.417. The molecule has 7 nitrogen and oxygen atoms in total. The molecule has 0 unspecified atom stereocenters. The van der Waals surface area contributed by atoms with Crippen LogP contribution in [0.15, 0.2) is 47.2 Å². The largest absolute Gasteiger partial charge is 0.363 e. The van der Waals surface area contributed by atoms with Crippen molar-refractivity contribution >= 4 is 54.1 Å². The van der Waals surface area contributed by atoms with Crippen LogP contribution in [0.5, 0.6) is 0 Å². The number of fused-ring (bicyclic) bond motifs is 1. The quantitative estimate of drug-likeness (QED) is 0.353. The highest BCUT2D eigenvalue weighted by Crippen LogP contribution is 2.40. The Kier molecular flexibility index (Phi) is 6.28. The monoisotopic (exact) mass is 548 g/mol. The molecule has 2 aromatic heterocycles. The summed E-state index contributed by atoms with van der Waals surface area (Å²) in [5, 5.41) is 16.0. The number of amidine groups is 1. The van der Waals surface area contributed by atoms with Crippen LogP contribution < -0.4 is 10.6 Å². The van der Waals surface area contributed by atoms with Crippen molar-refractivity contribution in [3.63, 3.8) is 0 Å². The van der Waals surface area contributed by atoms with Gasteiger partial charge in [0.1, 0.15) is 17.2 Å². The van der Waals surface area contributed by atoms with Crippen molar-refractivity contribution in [1.82, 2.24) is 20.2 Å². The predicted molar refractivity (Wildman–Crippen MR) is 142 cm³/mol. The molecule has 4 rings (SSSR count). The molecule has 0 radical (unpaired) electrons. The van der Waals surface area contributed by atoms with Crippen LogP contribution in [0, 0.1) is 11.2 Å². The van der Waals surface area contributed by atoms with Crippen molar-refractivity contribution in [2.24, 2.45) is 0 Å². The van der Waals surface area contributed by atoms with E-state index in [2.05, 4.69) is 36.5 Å². The third kappa shape index (κ3) is 4.34. The highest BCUT2D eigenvalue weighted by Gasteiger charge is 2.51. The minimum atomic E-state index is -2.93. The molecule has 1 aliphatic heterocycles. The van der Waals surface area contributed by atoms with E-state index in [0.29, 0.717) is 28.5 Å². The van der Waals surface area contributed by atoms with E-state index in [-0.39, 0.29) is 11.6 Å². The van der Waals surface area contributed by atoms with Crippen molar-refractivity contribution in [3.05, 3.63) is 58.6 Å². The Hall–Kier alpha value is -2.43. The second kappa shape index (κ2) is 8.66. The first-order valence-corrected chi connectivity index (χ1v) is 13.8. The van der Waals surface area contributed by atoms with E-state index in [1.165, 1.54) is 6.07 Å². The summed E-state index contributed by atoms with van der Waals surface area (Å²) in [7, 11) is 0.808. The van der Waals surface area contributed by atoms with Gasteiger partial charge in [-0.15, -0.1) is 0 Å². The van der Waals surface area contributed by atoms with Gasteiger partial charge in [0.2, 0.25) is 0 Å². The number of benzene rings is 1. The van der Waals surface area contributed by atoms with Crippen LogP contribution in [0.1, 0.15) is 26.3 Å². The molecule has 1 atom stereocenters. The summed E-state index contributed by atoms with van der Waals surface area (Å²) < 4.78 is 29.4. The van der Waals surface area contributed by atoms with E-state index in [0.717, 1.165) is 9.86 Å². The Balaban J connectivity index is 1.74. The topological polar surface area (TPSA) is 94.0 Å². The average Bonchev–Trinajstić information content (AvgIpc) is 2.73. The maximum atomic E-state index is 15.2. The fourth-order valence-electron chi connectivity index (χ4n) is 4.50. The van der Waals surface area contributed by atoms with Gasteiger partial charge >= 0.3 is 0 Å². The minimum absolute atomic E-state index is 0.162. The van der Waals surface area contributed by atoms with Crippen molar-refractivity contribution in [2.75, 3.05) is 31.0 Å². The van der Waals surface area contributed by atoms with E-state index < -0.39 is 26.0 Å². The van der Waals surface area contributed by atoms with Crippen LogP contribution in [0.2, 0.25) is 0 Å². The van der Waals surface area contributed by atoms with E-state index in [9.17, 15) is 4.21 Å². The molecule has 0 bridgehead atoms. The van der Waals surface area contributed by atoms with E-state index in [1.54, 1.807) is 24.5 Å². The number of anilines is 2. The van der Waals surface area contributed by atoms with Gasteiger partial charge in [0.05, 0.1) is 16.2 Å². The fourth-order valence-corrected chi connectivity index (χ4v) is 8.35. The van der Waals surface area contributed by atoms with Gasteiger partial charge in [-0.2, -0.15) is 0 Å². The van der Waals surface area contributed by atoms with Gasteiger partial charge in [-0.25, -0.2) is 9.37 Å². The lowest BCUT2D eigenvalue weighted by Crippen LogP contribution is -2.68. The van der Waals surface area contributed by atoms with Crippen LogP contribution in [0.25, 0.3) is 10.9 Å². The number of pyridine rings is 2. The number of thiol groups is 1. The van der Waals surface area contributed by atoms with Crippen LogP contribution in [-0.2, 0) is 15.5 Å². The Morgan fingerprint density at radius 3 is 2.68 bits per heavy atom. The SMILES string of the molecule is CN(C)C[SH]1(=O)C[C@@](C)(c2cc(Nc3nccc4cc(Br)cnc34)ccc2F)NC(=N)C1(C)C. The summed E-state index contributed by atoms with van der Waals surface area (Å²) in [5.41, 5.74) is 0.670. The van der Waals surface area contributed by atoms with Gasteiger partial charge < -0.3 is 10.6 Å². The summed E-state index contributed by atoms with van der Waals surface area (Å²) in [4.78, 5) is 10.8. The summed E-state index contributed by atoms with van der Waals surface area (Å²) in [6.07, 6.45) is 3.39. The maximum Gasteiger partial charge on any atom is 0.156 e. The van der Waals surface area contributed by atoms with Crippen molar-refractivity contribution < 1.29 is 8.60 Å². The zero-order chi connectivity index (χ0) is 24.9. The normalized spacial score (nSPS) is 22.4. The molecule has 10 heteroatoms. The smallest absolute Gasteiger partial charge is 0.156 e. The molecule has 1 aliphatic rings. The first-order valence-electron chi connectivity index (χ1n) is 10.9. The zero-order valence-electron chi connectivity index (χ0n) is 19.9. The third-order valence-corrected chi connectivity index (χ3v) is 11.4. The number of aromatic nitrogens is 2. The van der Waals surface area contributed by atoms with Crippen molar-refractivity contribution in [1.29, 1.82) is 5.41 Å². The second-order valence-corrected chi connectivity index (χ2v) is 14.3. The Morgan fingerprint density at radius 2 is 1.97 bits per heavy atom. The fraction of sp³-hybridized carbons (Fsp3) is 0.375. The summed E-state index contributed by atoms with van der Waals surface area (Å²) in [5.74, 6) is 0.875. The first kappa shape index (κ1) is 24.7. The highest BCUT2D eigenvalue weighted by atomic mass is 79.9. The van der Waals surface area contributed by atoms with Gasteiger partial charge in [0.15, 0.2) is 5.82 Å². The van der Waals surface area contributed by atoms with Crippen LogP contribution in [-0.4, -0.2) is 55.4 Å². The predicted octanol–water partition coefficient (Wildman–Crippen LogP) is 4.39. The number of nitrogens with zero attached hydrogens (tertiary/aromatic N) is 3. The van der Waals surface area contributed by atoms with Crippen LogP contribution in [0.3, 0.4) is 0 Å². The van der Waals surface area contributed by atoms with E-state index in [4.69, 9.17) is 5.41 Å². The molecule has 1 fully saturated rings. The number of hydrogen-bond donors (Lipinski definition) is 4. The molecule has 34 heavy (non-hydrogen) atoms. The highest BCUT2D eigenvalue weighted by molar-refractivity contribution is 9.10. The van der Waals surface area contributed by atoms with Crippen LogP contribution >= 0.6 is 15.9 Å². The minimum Gasteiger partial charge on any atom is -0.363 e.